The molecule has 0 saturated heterocycles. The minimum Gasteiger partial charge on any atom is -0.486 e. The molecule has 0 aromatic heterocycles. The van der Waals surface area contributed by atoms with E-state index in [0.29, 0.717) is 31.1 Å². The molecule has 0 bridgehead atoms. The van der Waals surface area contributed by atoms with E-state index in [1.54, 1.807) is 6.07 Å². The molecule has 6 nitrogen and oxygen atoms in total. The topological polar surface area (TPSA) is 84.9 Å². The minimum absolute atomic E-state index is 0.0630. The van der Waals surface area contributed by atoms with Crippen LogP contribution >= 0.6 is 0 Å². The number of hydrogen-bond donors (Lipinski definition) is 2. The molecule has 1 unspecified atom stereocenters. The third kappa shape index (κ3) is 3.87. The average Bonchev–Trinajstić information content (AvgIpc) is 2.46. The Morgan fingerprint density at radius 2 is 1.90 bits per heavy atom. The van der Waals surface area contributed by atoms with Gasteiger partial charge in [-0.25, -0.2) is 13.1 Å². The molecule has 1 aromatic carbocycles. The second kappa shape index (κ2) is 6.64. The van der Waals surface area contributed by atoms with E-state index in [9.17, 15) is 8.42 Å². The molecule has 0 aliphatic carbocycles. The zero-order valence-electron chi connectivity index (χ0n) is 12.2. The zero-order valence-corrected chi connectivity index (χ0v) is 13.0. The lowest BCUT2D eigenvalue weighted by atomic mass is 10.0. The van der Waals surface area contributed by atoms with Crippen molar-refractivity contribution in [1.82, 2.24) is 4.72 Å². The molecule has 0 spiro atoms. The highest BCUT2D eigenvalue weighted by Gasteiger charge is 2.24. The van der Waals surface area contributed by atoms with Gasteiger partial charge in [0, 0.05) is 18.7 Å². The highest BCUT2D eigenvalue weighted by Crippen LogP contribution is 2.32. The van der Waals surface area contributed by atoms with Crippen LogP contribution in [0.2, 0.25) is 0 Å². The van der Waals surface area contributed by atoms with Crippen LogP contribution in [-0.2, 0) is 10.0 Å². The van der Waals surface area contributed by atoms with Crippen LogP contribution < -0.4 is 14.2 Å². The van der Waals surface area contributed by atoms with E-state index in [4.69, 9.17) is 14.6 Å². The monoisotopic (exact) mass is 315 g/mol. The number of aliphatic hydroxyl groups excluding tert-OH is 1. The number of fused-ring (bicyclic) bond motifs is 1. The van der Waals surface area contributed by atoms with Crippen molar-refractivity contribution in [3.05, 3.63) is 18.2 Å². The van der Waals surface area contributed by atoms with Crippen molar-refractivity contribution in [2.24, 2.45) is 5.92 Å². The van der Waals surface area contributed by atoms with Crippen molar-refractivity contribution in [3.63, 3.8) is 0 Å². The summed E-state index contributed by atoms with van der Waals surface area (Å²) in [4.78, 5) is 0.135. The van der Waals surface area contributed by atoms with Gasteiger partial charge in [0.2, 0.25) is 10.0 Å². The van der Waals surface area contributed by atoms with Crippen LogP contribution in [0.1, 0.15) is 20.3 Å². The van der Waals surface area contributed by atoms with Crippen LogP contribution in [0, 0.1) is 5.92 Å². The fourth-order valence-corrected chi connectivity index (χ4v) is 3.56. The quantitative estimate of drug-likeness (QED) is 0.822. The number of ether oxygens (including phenoxy) is 2. The maximum absolute atomic E-state index is 12.4. The first-order valence-electron chi connectivity index (χ1n) is 6.97. The predicted molar refractivity (Wildman–Crippen MR) is 78.1 cm³/mol. The van der Waals surface area contributed by atoms with E-state index in [1.165, 1.54) is 12.1 Å². The summed E-state index contributed by atoms with van der Waals surface area (Å²) in [7, 11) is -3.66. The van der Waals surface area contributed by atoms with Crippen LogP contribution in [0.25, 0.3) is 0 Å². The van der Waals surface area contributed by atoms with Crippen LogP contribution in [-0.4, -0.2) is 39.4 Å². The number of nitrogens with one attached hydrogen (secondary N) is 1. The summed E-state index contributed by atoms with van der Waals surface area (Å²) in [6.45, 7) is 4.62. The van der Waals surface area contributed by atoms with Gasteiger partial charge in [0.1, 0.15) is 13.2 Å². The molecule has 1 aromatic rings. The van der Waals surface area contributed by atoms with Crippen molar-refractivity contribution in [2.75, 3.05) is 19.8 Å². The molecule has 1 atom stereocenters. The summed E-state index contributed by atoms with van der Waals surface area (Å²) in [5, 5.41) is 9.04. The molecule has 0 fully saturated rings. The Kier molecular flexibility index (Phi) is 5.08. The third-order valence-corrected chi connectivity index (χ3v) is 4.86. The Labute approximate surface area is 125 Å². The van der Waals surface area contributed by atoms with Crippen LogP contribution in [0.3, 0.4) is 0 Å². The van der Waals surface area contributed by atoms with Crippen LogP contribution in [0.4, 0.5) is 0 Å². The van der Waals surface area contributed by atoms with Gasteiger partial charge in [-0.05, 0) is 24.5 Å². The molecular weight excluding hydrogens is 294 g/mol. The van der Waals surface area contributed by atoms with Crippen molar-refractivity contribution in [2.45, 2.75) is 31.2 Å². The number of sulfonamides is 1. The fourth-order valence-electron chi connectivity index (χ4n) is 2.13. The minimum atomic E-state index is -3.66. The number of benzene rings is 1. The zero-order chi connectivity index (χ0) is 15.5. The lowest BCUT2D eigenvalue weighted by molar-refractivity contribution is 0.171. The van der Waals surface area contributed by atoms with Crippen molar-refractivity contribution in [1.29, 1.82) is 0 Å². The number of aliphatic hydroxyl groups is 1. The Morgan fingerprint density at radius 3 is 2.52 bits per heavy atom. The molecule has 7 heteroatoms. The van der Waals surface area contributed by atoms with Gasteiger partial charge in [0.25, 0.3) is 0 Å². The smallest absolute Gasteiger partial charge is 0.240 e. The third-order valence-electron chi connectivity index (χ3n) is 3.38. The summed E-state index contributed by atoms with van der Waals surface area (Å²) >= 11 is 0. The molecule has 1 aliphatic rings. The molecule has 2 N–H and O–H groups in total. The van der Waals surface area contributed by atoms with Gasteiger partial charge in [-0.3, -0.25) is 0 Å². The van der Waals surface area contributed by atoms with Gasteiger partial charge in [-0.1, -0.05) is 13.8 Å². The standard InChI is InChI=1S/C14H21NO5S/c1-10(2)12(5-6-16)15-21(17,18)11-3-4-13-14(9-11)20-8-7-19-13/h3-4,9-10,12,15-16H,5-8H2,1-2H3. The first kappa shape index (κ1) is 16.1. The Bertz CT molecular complexity index is 585. The largest absolute Gasteiger partial charge is 0.486 e. The van der Waals surface area contributed by atoms with E-state index >= 15 is 0 Å². The lowest BCUT2D eigenvalue weighted by Crippen LogP contribution is -2.39. The van der Waals surface area contributed by atoms with Gasteiger partial charge in [-0.2, -0.15) is 0 Å². The van der Waals surface area contributed by atoms with Crippen LogP contribution in [0.15, 0.2) is 23.1 Å². The van der Waals surface area contributed by atoms with Gasteiger partial charge < -0.3 is 14.6 Å². The molecule has 0 radical (unpaired) electrons. The normalized spacial score (nSPS) is 16.0. The molecule has 118 valence electrons. The molecule has 2 rings (SSSR count). The molecular formula is C14H21NO5S. The van der Waals surface area contributed by atoms with Crippen molar-refractivity contribution < 1.29 is 23.0 Å². The highest BCUT2D eigenvalue weighted by molar-refractivity contribution is 7.89. The number of rotatable bonds is 6. The summed E-state index contributed by atoms with van der Waals surface area (Å²) in [5.41, 5.74) is 0. The molecule has 1 heterocycles. The van der Waals surface area contributed by atoms with E-state index in [0.717, 1.165) is 0 Å². The number of hydrogen-bond acceptors (Lipinski definition) is 5. The highest BCUT2D eigenvalue weighted by atomic mass is 32.2. The van der Waals surface area contributed by atoms with E-state index in [1.807, 2.05) is 13.8 Å². The molecule has 1 aliphatic heterocycles. The van der Waals surface area contributed by atoms with E-state index in [2.05, 4.69) is 4.72 Å². The SMILES string of the molecule is CC(C)C(CCO)NS(=O)(=O)c1ccc2c(c1)OCCO2. The summed E-state index contributed by atoms with van der Waals surface area (Å²) in [6.07, 6.45) is 0.376. The summed E-state index contributed by atoms with van der Waals surface area (Å²) in [5.74, 6) is 1.08. The molecule has 0 saturated carbocycles. The summed E-state index contributed by atoms with van der Waals surface area (Å²) in [6, 6.07) is 4.24. The second-order valence-electron chi connectivity index (χ2n) is 5.29. The fraction of sp³-hybridized carbons (Fsp3) is 0.571. The first-order chi connectivity index (χ1) is 9.94. The van der Waals surface area contributed by atoms with E-state index in [-0.39, 0.29) is 23.5 Å². The predicted octanol–water partition coefficient (Wildman–Crippen LogP) is 1.14. The van der Waals surface area contributed by atoms with Gasteiger partial charge in [0.15, 0.2) is 11.5 Å². The maximum Gasteiger partial charge on any atom is 0.240 e. The van der Waals surface area contributed by atoms with Crippen molar-refractivity contribution in [3.8, 4) is 11.5 Å². The Hall–Kier alpha value is -1.31. The Balaban J connectivity index is 2.22. The van der Waals surface area contributed by atoms with Gasteiger partial charge in [0.05, 0.1) is 4.90 Å². The summed E-state index contributed by atoms with van der Waals surface area (Å²) < 4.78 is 38.2. The first-order valence-corrected chi connectivity index (χ1v) is 8.45. The van der Waals surface area contributed by atoms with Gasteiger partial charge in [-0.15, -0.1) is 0 Å². The average molecular weight is 315 g/mol. The molecule has 21 heavy (non-hydrogen) atoms. The lowest BCUT2D eigenvalue weighted by Gasteiger charge is -2.22. The van der Waals surface area contributed by atoms with Gasteiger partial charge >= 0.3 is 0 Å². The van der Waals surface area contributed by atoms with Crippen LogP contribution in [0.5, 0.6) is 11.5 Å². The molecule has 0 amide bonds. The van der Waals surface area contributed by atoms with Crippen molar-refractivity contribution >= 4 is 10.0 Å². The second-order valence-corrected chi connectivity index (χ2v) is 7.00. The maximum atomic E-state index is 12.4. The van der Waals surface area contributed by atoms with E-state index < -0.39 is 10.0 Å². The Morgan fingerprint density at radius 1 is 1.24 bits per heavy atom.